The maximum absolute atomic E-state index is 12.0. The van der Waals surface area contributed by atoms with Crippen LogP contribution in [0.3, 0.4) is 0 Å². The van der Waals surface area contributed by atoms with Crippen molar-refractivity contribution in [3.8, 4) is 0 Å². The lowest BCUT2D eigenvalue weighted by molar-refractivity contribution is 0.0953. The average Bonchev–Trinajstić information content (AvgIpc) is 3.15. The van der Waals surface area contributed by atoms with Gasteiger partial charge in [0.15, 0.2) is 5.96 Å². The Labute approximate surface area is 165 Å². The van der Waals surface area contributed by atoms with Crippen molar-refractivity contribution in [2.45, 2.75) is 39.7 Å². The minimum Gasteiger partial charge on any atom is -0.357 e. The highest BCUT2D eigenvalue weighted by Crippen LogP contribution is 2.18. The summed E-state index contributed by atoms with van der Waals surface area (Å²) in [6, 6.07) is 9.25. The maximum atomic E-state index is 12.0. The first kappa shape index (κ1) is 20.9. The zero-order chi connectivity index (χ0) is 19.5. The van der Waals surface area contributed by atoms with Gasteiger partial charge in [-0.05, 0) is 31.4 Å². The molecular weight excluding hydrogens is 358 g/mol. The predicted molar refractivity (Wildman–Crippen MR) is 112 cm³/mol. The number of carbonyl (C=O) groups is 1. The molecule has 0 radical (unpaired) electrons. The summed E-state index contributed by atoms with van der Waals surface area (Å²) in [7, 11) is 0. The van der Waals surface area contributed by atoms with E-state index in [1.165, 1.54) is 0 Å². The molecule has 0 saturated carbocycles. The molecule has 2 aromatic rings. The van der Waals surface area contributed by atoms with Crippen molar-refractivity contribution in [3.05, 3.63) is 52.0 Å². The van der Waals surface area contributed by atoms with Gasteiger partial charge in [-0.1, -0.05) is 32.0 Å². The average molecular weight is 388 g/mol. The normalized spacial score (nSPS) is 11.5. The highest BCUT2D eigenvalue weighted by molar-refractivity contribution is 7.09. The zero-order valence-corrected chi connectivity index (χ0v) is 17.1. The van der Waals surface area contributed by atoms with Gasteiger partial charge in [-0.3, -0.25) is 4.79 Å². The van der Waals surface area contributed by atoms with Crippen LogP contribution in [-0.4, -0.2) is 36.5 Å². The van der Waals surface area contributed by atoms with Crippen molar-refractivity contribution >= 4 is 23.2 Å². The van der Waals surface area contributed by atoms with E-state index < -0.39 is 0 Å². The molecular formula is C20H29N5OS. The van der Waals surface area contributed by atoms with Crippen molar-refractivity contribution in [1.29, 1.82) is 0 Å². The Morgan fingerprint density at radius 2 is 1.89 bits per heavy atom. The lowest BCUT2D eigenvalue weighted by Gasteiger charge is -2.11. The van der Waals surface area contributed by atoms with E-state index in [0.29, 0.717) is 24.6 Å². The van der Waals surface area contributed by atoms with E-state index in [0.717, 1.165) is 36.2 Å². The smallest absolute Gasteiger partial charge is 0.251 e. The Balaban J connectivity index is 1.72. The van der Waals surface area contributed by atoms with Gasteiger partial charge < -0.3 is 16.0 Å². The molecule has 0 aliphatic rings. The molecule has 0 aliphatic carbocycles. The highest BCUT2D eigenvalue weighted by Gasteiger charge is 2.06. The first-order valence-electron chi connectivity index (χ1n) is 9.40. The largest absolute Gasteiger partial charge is 0.357 e. The van der Waals surface area contributed by atoms with Crippen LogP contribution in [-0.2, 0) is 6.54 Å². The van der Waals surface area contributed by atoms with Gasteiger partial charge in [0, 0.05) is 30.6 Å². The van der Waals surface area contributed by atoms with Crippen molar-refractivity contribution in [1.82, 2.24) is 20.9 Å². The van der Waals surface area contributed by atoms with E-state index in [-0.39, 0.29) is 5.91 Å². The number of benzene rings is 1. The molecule has 0 atom stereocenters. The van der Waals surface area contributed by atoms with Gasteiger partial charge in [0.2, 0.25) is 0 Å². The second kappa shape index (κ2) is 11.3. The monoisotopic (exact) mass is 387 g/mol. The third-order valence-electron chi connectivity index (χ3n) is 3.85. The number of thiazole rings is 1. The van der Waals surface area contributed by atoms with E-state index in [2.05, 4.69) is 45.2 Å². The number of rotatable bonds is 9. The molecule has 7 heteroatoms. The zero-order valence-electron chi connectivity index (χ0n) is 16.3. The summed E-state index contributed by atoms with van der Waals surface area (Å²) in [6.45, 7) is 9.04. The Bertz CT molecular complexity index is 727. The van der Waals surface area contributed by atoms with E-state index >= 15 is 0 Å². The van der Waals surface area contributed by atoms with Crippen LogP contribution in [0.2, 0.25) is 0 Å². The molecule has 0 aliphatic heterocycles. The Morgan fingerprint density at radius 3 is 2.56 bits per heavy atom. The minimum absolute atomic E-state index is 0.0408. The van der Waals surface area contributed by atoms with E-state index in [1.807, 2.05) is 37.3 Å². The summed E-state index contributed by atoms with van der Waals surface area (Å²) in [5.74, 6) is 1.17. The number of aromatic nitrogens is 1. The first-order chi connectivity index (χ1) is 13.1. The number of aliphatic imine (C=N–C) groups is 1. The van der Waals surface area contributed by atoms with E-state index in [4.69, 9.17) is 0 Å². The van der Waals surface area contributed by atoms with Gasteiger partial charge in [-0.2, -0.15) is 0 Å². The molecule has 6 nitrogen and oxygen atoms in total. The van der Waals surface area contributed by atoms with Crippen LogP contribution in [0.25, 0.3) is 0 Å². The number of hydrogen-bond donors (Lipinski definition) is 3. The first-order valence-corrected chi connectivity index (χ1v) is 10.3. The van der Waals surface area contributed by atoms with Crippen molar-refractivity contribution in [3.63, 3.8) is 0 Å². The van der Waals surface area contributed by atoms with Crippen molar-refractivity contribution in [2.75, 3.05) is 19.6 Å². The third-order valence-corrected chi connectivity index (χ3v) is 4.70. The van der Waals surface area contributed by atoms with E-state index in [9.17, 15) is 4.79 Å². The van der Waals surface area contributed by atoms with Crippen LogP contribution in [0.1, 0.15) is 54.2 Å². The molecule has 1 aromatic carbocycles. The molecule has 0 unspecified atom stereocenters. The lowest BCUT2D eigenvalue weighted by Crippen LogP contribution is -2.38. The van der Waals surface area contributed by atoms with Gasteiger partial charge in [0.25, 0.3) is 5.91 Å². The minimum atomic E-state index is -0.0408. The van der Waals surface area contributed by atoms with Crippen LogP contribution in [0, 0.1) is 0 Å². The number of nitrogens with zero attached hydrogens (tertiary/aromatic N) is 2. The second-order valence-corrected chi connectivity index (χ2v) is 7.36. The fourth-order valence-electron chi connectivity index (χ4n) is 2.34. The number of hydrogen-bond acceptors (Lipinski definition) is 4. The molecule has 146 valence electrons. The Hall–Kier alpha value is -2.41. The maximum Gasteiger partial charge on any atom is 0.251 e. The van der Waals surface area contributed by atoms with Crippen molar-refractivity contribution in [2.24, 2.45) is 4.99 Å². The van der Waals surface area contributed by atoms with Crippen molar-refractivity contribution < 1.29 is 4.79 Å². The molecule has 2 rings (SSSR count). The van der Waals surface area contributed by atoms with Crippen LogP contribution < -0.4 is 16.0 Å². The molecule has 1 heterocycles. The summed E-state index contributed by atoms with van der Waals surface area (Å²) < 4.78 is 0. The SMILES string of the molecule is CCNC(=NCc1nc(C(C)C)cs1)NCCCNC(=O)c1ccccc1. The standard InChI is InChI=1S/C20H29N5OS/c1-4-21-20(24-13-18-25-17(14-27-18)15(2)3)23-12-8-11-22-19(26)16-9-6-5-7-10-16/h5-7,9-10,14-15H,4,8,11-13H2,1-3H3,(H,22,26)(H2,21,23,24). The van der Waals surface area contributed by atoms with Gasteiger partial charge in [0.1, 0.15) is 5.01 Å². The van der Waals surface area contributed by atoms with Crippen LogP contribution in [0.4, 0.5) is 0 Å². The predicted octanol–water partition coefficient (Wildman–Crippen LogP) is 3.14. The molecule has 0 saturated heterocycles. The summed E-state index contributed by atoms with van der Waals surface area (Å²) in [5.41, 5.74) is 1.81. The van der Waals surface area contributed by atoms with Gasteiger partial charge in [-0.25, -0.2) is 9.98 Å². The number of guanidine groups is 1. The lowest BCUT2D eigenvalue weighted by atomic mass is 10.2. The van der Waals surface area contributed by atoms with Crippen LogP contribution >= 0.6 is 11.3 Å². The summed E-state index contributed by atoms with van der Waals surface area (Å²) in [6.07, 6.45) is 0.817. The molecule has 0 spiro atoms. The number of amides is 1. The summed E-state index contributed by atoms with van der Waals surface area (Å²) in [4.78, 5) is 21.2. The second-order valence-electron chi connectivity index (χ2n) is 6.42. The molecule has 0 fully saturated rings. The fourth-order valence-corrected chi connectivity index (χ4v) is 3.22. The molecule has 3 N–H and O–H groups in total. The van der Waals surface area contributed by atoms with Gasteiger partial charge >= 0.3 is 0 Å². The highest BCUT2D eigenvalue weighted by atomic mass is 32.1. The van der Waals surface area contributed by atoms with Gasteiger partial charge in [0.05, 0.1) is 12.2 Å². The number of carbonyl (C=O) groups excluding carboxylic acids is 1. The molecule has 1 amide bonds. The molecule has 0 bridgehead atoms. The Morgan fingerprint density at radius 1 is 1.15 bits per heavy atom. The quantitative estimate of drug-likeness (QED) is 0.351. The summed E-state index contributed by atoms with van der Waals surface area (Å²) >= 11 is 1.65. The van der Waals surface area contributed by atoms with E-state index in [1.54, 1.807) is 11.3 Å². The number of nitrogens with one attached hydrogen (secondary N) is 3. The molecule has 27 heavy (non-hydrogen) atoms. The Kier molecular flexibility index (Phi) is 8.77. The topological polar surface area (TPSA) is 78.4 Å². The van der Waals surface area contributed by atoms with Crippen LogP contribution in [0.15, 0.2) is 40.7 Å². The molecule has 1 aromatic heterocycles. The summed E-state index contributed by atoms with van der Waals surface area (Å²) in [5, 5.41) is 12.6. The van der Waals surface area contributed by atoms with Gasteiger partial charge in [-0.15, -0.1) is 11.3 Å². The van der Waals surface area contributed by atoms with Crippen LogP contribution in [0.5, 0.6) is 0 Å². The fraction of sp³-hybridized carbons (Fsp3) is 0.450. The third kappa shape index (κ3) is 7.38.